The third-order valence-corrected chi connectivity index (χ3v) is 7.64. The van der Waals surface area contributed by atoms with E-state index in [0.717, 1.165) is 47.5 Å². The average molecular weight is 521 g/mol. The summed E-state index contributed by atoms with van der Waals surface area (Å²) in [6.45, 7) is 1.19. The number of carbonyl (C=O) groups excluding carboxylic acids is 2. The monoisotopic (exact) mass is 520 g/mol. The number of amides is 2. The molecular formula is C32H32N4O3. The minimum Gasteiger partial charge on any atom is -0.368 e. The first-order valence-electron chi connectivity index (χ1n) is 13.7. The summed E-state index contributed by atoms with van der Waals surface area (Å²) in [7, 11) is 0. The van der Waals surface area contributed by atoms with Crippen LogP contribution in [0.3, 0.4) is 0 Å². The molecular weight excluding hydrogens is 488 g/mol. The molecule has 0 saturated carbocycles. The van der Waals surface area contributed by atoms with Crippen LogP contribution in [0.2, 0.25) is 0 Å². The fraction of sp³-hybridized carbons (Fsp3) is 0.281. The maximum atomic E-state index is 14.0. The van der Waals surface area contributed by atoms with Crippen LogP contribution in [0.4, 0.5) is 0 Å². The van der Waals surface area contributed by atoms with Crippen molar-refractivity contribution < 1.29 is 14.3 Å². The van der Waals surface area contributed by atoms with E-state index in [-0.39, 0.29) is 17.9 Å². The fourth-order valence-electron chi connectivity index (χ4n) is 5.56. The second-order valence-corrected chi connectivity index (χ2v) is 10.2. The summed E-state index contributed by atoms with van der Waals surface area (Å²) in [6, 6.07) is 27.2. The van der Waals surface area contributed by atoms with Crippen molar-refractivity contribution >= 4 is 11.8 Å². The summed E-state index contributed by atoms with van der Waals surface area (Å²) in [5.41, 5.74) is 5.04. The molecule has 2 fully saturated rings. The first-order valence-corrected chi connectivity index (χ1v) is 13.7. The molecule has 3 atom stereocenters. The Bertz CT molecular complexity index is 1410. The van der Waals surface area contributed by atoms with Crippen molar-refractivity contribution in [3.05, 3.63) is 103 Å². The highest BCUT2D eigenvalue weighted by atomic mass is 16.5. The number of H-pyrrole nitrogens is 1. The molecule has 2 aliphatic rings. The number of hydrogen-bond donors (Lipinski definition) is 2. The Morgan fingerprint density at radius 3 is 2.28 bits per heavy atom. The largest absolute Gasteiger partial charge is 0.368 e. The molecule has 3 aromatic carbocycles. The second kappa shape index (κ2) is 11.3. The highest BCUT2D eigenvalue weighted by molar-refractivity contribution is 5.90. The average Bonchev–Trinajstić information content (AvgIpc) is 3.79. The Hall–Kier alpha value is -4.23. The van der Waals surface area contributed by atoms with E-state index in [0.29, 0.717) is 19.6 Å². The van der Waals surface area contributed by atoms with Crippen LogP contribution in [0, 0.1) is 0 Å². The van der Waals surface area contributed by atoms with E-state index in [4.69, 9.17) is 4.74 Å². The highest BCUT2D eigenvalue weighted by Gasteiger charge is 2.38. The van der Waals surface area contributed by atoms with Gasteiger partial charge in [0.2, 0.25) is 11.8 Å². The molecule has 39 heavy (non-hydrogen) atoms. The molecule has 0 spiro atoms. The number of ether oxygens (including phenoxy) is 1. The summed E-state index contributed by atoms with van der Waals surface area (Å²) in [6.07, 6.45) is 4.55. The van der Waals surface area contributed by atoms with Gasteiger partial charge in [-0.25, -0.2) is 4.98 Å². The third kappa shape index (κ3) is 5.36. The van der Waals surface area contributed by atoms with Crippen molar-refractivity contribution in [3.8, 4) is 22.4 Å². The van der Waals surface area contributed by atoms with Crippen molar-refractivity contribution in [2.75, 3.05) is 13.2 Å². The van der Waals surface area contributed by atoms with Crippen LogP contribution in [-0.4, -0.2) is 45.9 Å². The van der Waals surface area contributed by atoms with Gasteiger partial charge in [-0.3, -0.25) is 9.59 Å². The fourth-order valence-corrected chi connectivity index (χ4v) is 5.56. The van der Waals surface area contributed by atoms with E-state index in [9.17, 15) is 9.59 Å². The molecule has 2 N–H and O–H groups in total. The minimum absolute atomic E-state index is 0.125. The normalized spacial score (nSPS) is 19.6. The summed E-state index contributed by atoms with van der Waals surface area (Å²) >= 11 is 0. The number of rotatable bonds is 7. The van der Waals surface area contributed by atoms with Gasteiger partial charge in [0.15, 0.2) is 0 Å². The van der Waals surface area contributed by atoms with Crippen molar-refractivity contribution in [1.29, 1.82) is 0 Å². The van der Waals surface area contributed by atoms with E-state index in [1.165, 1.54) is 5.56 Å². The number of aromatic amines is 1. The molecule has 4 aromatic rings. The van der Waals surface area contributed by atoms with Gasteiger partial charge in [0.05, 0.1) is 17.9 Å². The van der Waals surface area contributed by atoms with Crippen LogP contribution in [0.5, 0.6) is 0 Å². The molecule has 6 rings (SSSR count). The van der Waals surface area contributed by atoms with E-state index in [1.54, 1.807) is 0 Å². The maximum absolute atomic E-state index is 14.0. The zero-order chi connectivity index (χ0) is 26.6. The van der Waals surface area contributed by atoms with Crippen molar-refractivity contribution in [1.82, 2.24) is 20.2 Å². The lowest BCUT2D eigenvalue weighted by molar-refractivity contribution is -0.140. The first-order chi connectivity index (χ1) is 19.2. The van der Waals surface area contributed by atoms with Gasteiger partial charge < -0.3 is 19.9 Å². The van der Waals surface area contributed by atoms with Crippen LogP contribution >= 0.6 is 0 Å². The lowest BCUT2D eigenvalue weighted by Crippen LogP contribution is -2.45. The minimum atomic E-state index is -0.775. The van der Waals surface area contributed by atoms with Crippen molar-refractivity contribution in [3.63, 3.8) is 0 Å². The predicted molar refractivity (Wildman–Crippen MR) is 149 cm³/mol. The molecule has 0 bridgehead atoms. The van der Waals surface area contributed by atoms with Gasteiger partial charge in [-0.05, 0) is 47.9 Å². The van der Waals surface area contributed by atoms with Crippen LogP contribution < -0.4 is 5.32 Å². The molecule has 2 aliphatic heterocycles. The van der Waals surface area contributed by atoms with E-state index in [1.807, 2.05) is 59.6 Å². The first kappa shape index (κ1) is 25.1. The van der Waals surface area contributed by atoms with Gasteiger partial charge in [-0.2, -0.15) is 0 Å². The standard InChI is InChI=1S/C32H32N4O3/c37-31(28-14-8-20-39-28)35-29(25-11-5-2-6-12-25)32(38)36-19-7-13-27(36)30-33-21-26(34-30)24-17-15-23(16-18-24)22-9-3-1-4-10-22/h1-6,9-12,15-18,21,27-29H,7-8,13-14,19-20H2,(H,33,34)(H,35,37)/t27?,28?,29-/m0/s1. The third-order valence-electron chi connectivity index (χ3n) is 7.64. The molecule has 3 heterocycles. The molecule has 2 saturated heterocycles. The molecule has 7 heteroatoms. The number of likely N-dealkylation sites (tertiary alicyclic amines) is 1. The number of carbonyl (C=O) groups is 2. The van der Waals surface area contributed by atoms with Crippen molar-refractivity contribution in [2.45, 2.75) is 43.9 Å². The van der Waals surface area contributed by atoms with Gasteiger partial charge in [0, 0.05) is 13.2 Å². The molecule has 2 amide bonds. The van der Waals surface area contributed by atoms with E-state index < -0.39 is 12.1 Å². The van der Waals surface area contributed by atoms with Crippen molar-refractivity contribution in [2.24, 2.45) is 0 Å². The lowest BCUT2D eigenvalue weighted by Gasteiger charge is -2.29. The number of imidazole rings is 1. The van der Waals surface area contributed by atoms with E-state index >= 15 is 0 Å². The summed E-state index contributed by atoms with van der Waals surface area (Å²) in [4.78, 5) is 36.9. The molecule has 2 unspecified atom stereocenters. The number of hydrogen-bond acceptors (Lipinski definition) is 4. The Morgan fingerprint density at radius 2 is 1.56 bits per heavy atom. The Balaban J connectivity index is 1.21. The number of aromatic nitrogens is 2. The Morgan fingerprint density at radius 1 is 0.872 bits per heavy atom. The van der Waals surface area contributed by atoms with Gasteiger partial charge in [0.1, 0.15) is 18.0 Å². The van der Waals surface area contributed by atoms with Crippen LogP contribution in [0.25, 0.3) is 22.4 Å². The van der Waals surface area contributed by atoms with Crippen LogP contribution in [-0.2, 0) is 14.3 Å². The Kier molecular flexibility index (Phi) is 7.23. The molecule has 0 aliphatic carbocycles. The van der Waals surface area contributed by atoms with Gasteiger partial charge in [0.25, 0.3) is 0 Å². The van der Waals surface area contributed by atoms with Crippen LogP contribution in [0.15, 0.2) is 91.1 Å². The lowest BCUT2D eigenvalue weighted by atomic mass is 10.0. The number of nitrogens with one attached hydrogen (secondary N) is 2. The SMILES string of the molecule is O=C(N[C@H](C(=O)N1CCCC1c1ncc(-c2ccc(-c3ccccc3)cc2)[nH]1)c1ccccc1)C1CCCO1. The molecule has 0 radical (unpaired) electrons. The summed E-state index contributed by atoms with van der Waals surface area (Å²) < 4.78 is 5.57. The molecule has 198 valence electrons. The number of nitrogens with zero attached hydrogens (tertiary/aromatic N) is 2. The topological polar surface area (TPSA) is 87.3 Å². The second-order valence-electron chi connectivity index (χ2n) is 10.2. The van der Waals surface area contributed by atoms with Crippen LogP contribution in [0.1, 0.15) is 49.2 Å². The highest BCUT2D eigenvalue weighted by Crippen LogP contribution is 2.34. The Labute approximate surface area is 228 Å². The zero-order valence-electron chi connectivity index (χ0n) is 21.8. The summed E-state index contributed by atoms with van der Waals surface area (Å²) in [5, 5.41) is 2.99. The van der Waals surface area contributed by atoms with Gasteiger partial charge >= 0.3 is 0 Å². The van der Waals surface area contributed by atoms with E-state index in [2.05, 4.69) is 51.7 Å². The summed E-state index contributed by atoms with van der Waals surface area (Å²) in [5.74, 6) is 0.408. The number of benzene rings is 3. The maximum Gasteiger partial charge on any atom is 0.250 e. The quantitative estimate of drug-likeness (QED) is 0.340. The predicted octanol–water partition coefficient (Wildman–Crippen LogP) is 5.44. The molecule has 7 nitrogen and oxygen atoms in total. The zero-order valence-corrected chi connectivity index (χ0v) is 21.8. The smallest absolute Gasteiger partial charge is 0.250 e. The molecule has 1 aromatic heterocycles. The van der Waals surface area contributed by atoms with Gasteiger partial charge in [-0.15, -0.1) is 0 Å². The van der Waals surface area contributed by atoms with Gasteiger partial charge in [-0.1, -0.05) is 84.9 Å².